The first-order valence-electron chi connectivity index (χ1n) is 7.51. The van der Waals surface area contributed by atoms with E-state index in [4.69, 9.17) is 4.74 Å². The number of methoxy groups -OCH3 is 1. The van der Waals surface area contributed by atoms with E-state index in [2.05, 4.69) is 10.6 Å². The summed E-state index contributed by atoms with van der Waals surface area (Å²) in [6, 6.07) is 14.6. The van der Waals surface area contributed by atoms with Gasteiger partial charge < -0.3 is 15.4 Å². The van der Waals surface area contributed by atoms with Crippen molar-refractivity contribution in [1.29, 1.82) is 0 Å². The molecule has 2 aromatic carbocycles. The molecule has 0 fully saturated rings. The maximum Gasteiger partial charge on any atom is 0.251 e. The fourth-order valence-electron chi connectivity index (χ4n) is 2.74. The highest BCUT2D eigenvalue weighted by Gasteiger charge is 2.29. The standard InChI is InChI=1S/C18H18N2O3/c1-23-13-8-6-12(7-9-13)17(21)19-11-10-15-14-4-2-3-5-16(14)20-18(15)22/h2-9,15H,10-11H2,1H3,(H,19,21)(H,20,22). The van der Waals surface area contributed by atoms with E-state index in [0.717, 1.165) is 11.3 Å². The molecule has 0 saturated carbocycles. The first kappa shape index (κ1) is 15.1. The van der Waals surface area contributed by atoms with Crippen molar-refractivity contribution >= 4 is 17.5 Å². The van der Waals surface area contributed by atoms with E-state index in [-0.39, 0.29) is 17.7 Å². The molecule has 1 aliphatic rings. The molecule has 0 aromatic heterocycles. The summed E-state index contributed by atoms with van der Waals surface area (Å²) < 4.78 is 5.07. The Morgan fingerprint density at radius 3 is 2.65 bits per heavy atom. The topological polar surface area (TPSA) is 67.4 Å². The molecule has 0 saturated heterocycles. The summed E-state index contributed by atoms with van der Waals surface area (Å²) in [7, 11) is 1.58. The minimum Gasteiger partial charge on any atom is -0.497 e. The van der Waals surface area contributed by atoms with Crippen LogP contribution in [0.25, 0.3) is 0 Å². The average Bonchev–Trinajstić information content (AvgIpc) is 2.90. The molecule has 5 heteroatoms. The minimum absolute atomic E-state index is 0.00936. The number of amides is 2. The van der Waals surface area contributed by atoms with Crippen LogP contribution in [-0.4, -0.2) is 25.5 Å². The molecule has 118 valence electrons. The van der Waals surface area contributed by atoms with Crippen molar-refractivity contribution in [3.63, 3.8) is 0 Å². The monoisotopic (exact) mass is 310 g/mol. The maximum atomic E-state index is 12.1. The fraction of sp³-hybridized carbons (Fsp3) is 0.222. The molecule has 3 rings (SSSR count). The largest absolute Gasteiger partial charge is 0.497 e. The fourth-order valence-corrected chi connectivity index (χ4v) is 2.74. The first-order chi connectivity index (χ1) is 11.2. The Balaban J connectivity index is 1.57. The van der Waals surface area contributed by atoms with E-state index in [1.54, 1.807) is 31.4 Å². The van der Waals surface area contributed by atoms with Crippen LogP contribution < -0.4 is 15.4 Å². The number of carbonyl (C=O) groups is 2. The van der Waals surface area contributed by atoms with Gasteiger partial charge in [0, 0.05) is 17.8 Å². The van der Waals surface area contributed by atoms with Crippen molar-refractivity contribution in [2.75, 3.05) is 19.0 Å². The van der Waals surface area contributed by atoms with Gasteiger partial charge in [0.2, 0.25) is 5.91 Å². The zero-order valence-electron chi connectivity index (χ0n) is 12.8. The van der Waals surface area contributed by atoms with Gasteiger partial charge in [0.1, 0.15) is 5.75 Å². The summed E-state index contributed by atoms with van der Waals surface area (Å²) in [4.78, 5) is 24.1. The predicted molar refractivity (Wildman–Crippen MR) is 87.8 cm³/mol. The molecular formula is C18H18N2O3. The van der Waals surface area contributed by atoms with E-state index in [1.807, 2.05) is 24.3 Å². The van der Waals surface area contributed by atoms with E-state index < -0.39 is 0 Å². The van der Waals surface area contributed by atoms with Crippen LogP contribution in [0, 0.1) is 0 Å². The molecule has 0 aliphatic carbocycles. The number of para-hydroxylation sites is 1. The van der Waals surface area contributed by atoms with Crippen molar-refractivity contribution in [1.82, 2.24) is 5.32 Å². The minimum atomic E-state index is -0.206. The normalized spacial score (nSPS) is 15.7. The van der Waals surface area contributed by atoms with Crippen LogP contribution in [-0.2, 0) is 4.79 Å². The van der Waals surface area contributed by atoms with Crippen LogP contribution in [0.5, 0.6) is 5.75 Å². The van der Waals surface area contributed by atoms with Gasteiger partial charge in [0.15, 0.2) is 0 Å². The predicted octanol–water partition coefficient (Wildman–Crippen LogP) is 2.55. The summed E-state index contributed by atoms with van der Waals surface area (Å²) in [5.74, 6) is 0.340. The Bertz CT molecular complexity index is 725. The lowest BCUT2D eigenvalue weighted by Gasteiger charge is -2.10. The quantitative estimate of drug-likeness (QED) is 0.892. The number of anilines is 1. The van der Waals surface area contributed by atoms with Crippen molar-refractivity contribution < 1.29 is 14.3 Å². The van der Waals surface area contributed by atoms with Gasteiger partial charge in [-0.2, -0.15) is 0 Å². The van der Waals surface area contributed by atoms with Gasteiger partial charge in [-0.25, -0.2) is 0 Å². The Morgan fingerprint density at radius 1 is 1.17 bits per heavy atom. The SMILES string of the molecule is COc1ccc(C(=O)NCCC2C(=O)Nc3ccccc32)cc1. The van der Waals surface area contributed by atoms with Gasteiger partial charge in [-0.15, -0.1) is 0 Å². The van der Waals surface area contributed by atoms with E-state index >= 15 is 0 Å². The van der Waals surface area contributed by atoms with Crippen LogP contribution in [0.2, 0.25) is 0 Å². The highest BCUT2D eigenvalue weighted by atomic mass is 16.5. The number of ether oxygens (including phenoxy) is 1. The number of hydrogen-bond donors (Lipinski definition) is 2. The molecule has 1 unspecified atom stereocenters. The number of fused-ring (bicyclic) bond motifs is 1. The Morgan fingerprint density at radius 2 is 1.91 bits per heavy atom. The highest BCUT2D eigenvalue weighted by molar-refractivity contribution is 6.02. The second-order valence-corrected chi connectivity index (χ2v) is 5.40. The zero-order valence-corrected chi connectivity index (χ0v) is 12.8. The molecule has 1 aliphatic heterocycles. The summed E-state index contributed by atoms with van der Waals surface area (Å²) in [6.07, 6.45) is 0.574. The lowest BCUT2D eigenvalue weighted by Crippen LogP contribution is -2.26. The summed E-state index contributed by atoms with van der Waals surface area (Å²) in [6.45, 7) is 0.442. The molecular weight excluding hydrogens is 292 g/mol. The van der Waals surface area contributed by atoms with E-state index in [1.165, 1.54) is 0 Å². The molecule has 1 atom stereocenters. The van der Waals surface area contributed by atoms with Crippen molar-refractivity contribution in [2.45, 2.75) is 12.3 Å². The molecule has 2 aromatic rings. The third-order valence-electron chi connectivity index (χ3n) is 3.98. The number of carbonyl (C=O) groups excluding carboxylic acids is 2. The van der Waals surface area contributed by atoms with Gasteiger partial charge in [0.05, 0.1) is 13.0 Å². The second kappa shape index (κ2) is 6.52. The van der Waals surface area contributed by atoms with Crippen LogP contribution >= 0.6 is 0 Å². The zero-order chi connectivity index (χ0) is 16.2. The van der Waals surface area contributed by atoms with Crippen LogP contribution in [0.15, 0.2) is 48.5 Å². The van der Waals surface area contributed by atoms with E-state index in [0.29, 0.717) is 24.3 Å². The Kier molecular flexibility index (Phi) is 4.28. The lowest BCUT2D eigenvalue weighted by atomic mass is 9.97. The van der Waals surface area contributed by atoms with Crippen LogP contribution in [0.1, 0.15) is 28.3 Å². The average molecular weight is 310 g/mol. The molecule has 5 nitrogen and oxygen atoms in total. The summed E-state index contributed by atoms with van der Waals surface area (Å²) >= 11 is 0. The molecule has 0 radical (unpaired) electrons. The number of nitrogens with one attached hydrogen (secondary N) is 2. The van der Waals surface area contributed by atoms with Crippen LogP contribution in [0.3, 0.4) is 0 Å². The van der Waals surface area contributed by atoms with Gasteiger partial charge in [-0.3, -0.25) is 9.59 Å². The summed E-state index contributed by atoms with van der Waals surface area (Å²) in [5.41, 5.74) is 2.43. The van der Waals surface area contributed by atoms with E-state index in [9.17, 15) is 9.59 Å². The molecule has 0 bridgehead atoms. The molecule has 0 spiro atoms. The Hall–Kier alpha value is -2.82. The Labute approximate surface area is 134 Å². The molecule has 23 heavy (non-hydrogen) atoms. The molecule has 2 N–H and O–H groups in total. The maximum absolute atomic E-state index is 12.1. The number of hydrogen-bond acceptors (Lipinski definition) is 3. The first-order valence-corrected chi connectivity index (χ1v) is 7.51. The second-order valence-electron chi connectivity index (χ2n) is 5.40. The van der Waals surface area contributed by atoms with Gasteiger partial charge in [-0.1, -0.05) is 18.2 Å². The number of benzene rings is 2. The number of rotatable bonds is 5. The van der Waals surface area contributed by atoms with Crippen molar-refractivity contribution in [3.05, 3.63) is 59.7 Å². The van der Waals surface area contributed by atoms with Crippen molar-refractivity contribution in [2.24, 2.45) is 0 Å². The molecule has 2 amide bonds. The lowest BCUT2D eigenvalue weighted by molar-refractivity contribution is -0.117. The van der Waals surface area contributed by atoms with Gasteiger partial charge in [-0.05, 0) is 42.3 Å². The molecule has 1 heterocycles. The third kappa shape index (κ3) is 3.18. The smallest absolute Gasteiger partial charge is 0.251 e. The third-order valence-corrected chi connectivity index (χ3v) is 3.98. The summed E-state index contributed by atoms with van der Waals surface area (Å²) in [5, 5.41) is 5.72. The van der Waals surface area contributed by atoms with Crippen LogP contribution in [0.4, 0.5) is 5.69 Å². The highest BCUT2D eigenvalue weighted by Crippen LogP contribution is 2.33. The van der Waals surface area contributed by atoms with Gasteiger partial charge in [0.25, 0.3) is 5.91 Å². The van der Waals surface area contributed by atoms with Gasteiger partial charge >= 0.3 is 0 Å². The van der Waals surface area contributed by atoms with Crippen molar-refractivity contribution in [3.8, 4) is 5.75 Å².